The second kappa shape index (κ2) is 9.03. The number of esters is 1. The van der Waals surface area contributed by atoms with Crippen LogP contribution in [0.5, 0.6) is 0 Å². The van der Waals surface area contributed by atoms with Crippen LogP contribution < -0.4 is 16.4 Å². The van der Waals surface area contributed by atoms with E-state index in [1.165, 1.54) is 6.92 Å². The van der Waals surface area contributed by atoms with Crippen LogP contribution in [0.1, 0.15) is 39.5 Å². The van der Waals surface area contributed by atoms with Crippen LogP contribution in [-0.2, 0) is 16.1 Å². The first-order valence-corrected chi connectivity index (χ1v) is 8.89. The molecule has 0 fully saturated rings. The number of hydrogen-bond donors (Lipinski definition) is 3. The van der Waals surface area contributed by atoms with Gasteiger partial charge in [0.15, 0.2) is 6.10 Å². The molecule has 1 atom stereocenters. The summed E-state index contributed by atoms with van der Waals surface area (Å²) in [6.07, 6.45) is -0.955. The van der Waals surface area contributed by atoms with Crippen LogP contribution in [0.4, 0.5) is 10.5 Å². The third-order valence-electron chi connectivity index (χ3n) is 4.23. The molecule has 3 amide bonds. The number of carbonyl (C=O) groups excluding carboxylic acids is 3. The highest BCUT2D eigenvalue weighted by atomic mass is 16.5. The SMILES string of the molecule is Cc1cc(C)c(NC(=O)C(C)OC(=O)c2ccc(CNC(N)=O)cc2)c(C)c1. The van der Waals surface area contributed by atoms with E-state index >= 15 is 0 Å². The van der Waals surface area contributed by atoms with Crippen molar-refractivity contribution in [3.8, 4) is 0 Å². The molecule has 28 heavy (non-hydrogen) atoms. The first-order chi connectivity index (χ1) is 13.2. The Bertz CT molecular complexity index is 868. The molecule has 0 heterocycles. The van der Waals surface area contributed by atoms with Crippen LogP contribution in [0, 0.1) is 20.8 Å². The molecule has 2 rings (SSSR count). The number of amides is 3. The fourth-order valence-electron chi connectivity index (χ4n) is 2.83. The maximum atomic E-state index is 12.4. The summed E-state index contributed by atoms with van der Waals surface area (Å²) in [5.74, 6) is -1.000. The molecule has 2 aromatic carbocycles. The summed E-state index contributed by atoms with van der Waals surface area (Å²) in [5.41, 5.74) is 9.85. The normalized spacial score (nSPS) is 11.4. The summed E-state index contributed by atoms with van der Waals surface area (Å²) >= 11 is 0. The van der Waals surface area contributed by atoms with Crippen LogP contribution in [0.2, 0.25) is 0 Å². The van der Waals surface area contributed by atoms with Gasteiger partial charge in [-0.15, -0.1) is 0 Å². The molecule has 2 aromatic rings. The molecule has 1 unspecified atom stereocenters. The Kier molecular flexibility index (Phi) is 6.76. The van der Waals surface area contributed by atoms with Crippen molar-refractivity contribution in [3.63, 3.8) is 0 Å². The molecule has 0 aliphatic heterocycles. The van der Waals surface area contributed by atoms with Crippen molar-refractivity contribution in [1.29, 1.82) is 0 Å². The number of carbonyl (C=O) groups is 3. The van der Waals surface area contributed by atoms with Gasteiger partial charge in [-0.1, -0.05) is 29.8 Å². The summed E-state index contributed by atoms with van der Waals surface area (Å²) in [6, 6.07) is 9.83. The first kappa shape index (κ1) is 21.0. The van der Waals surface area contributed by atoms with Crippen molar-refractivity contribution < 1.29 is 19.1 Å². The summed E-state index contributed by atoms with van der Waals surface area (Å²) in [4.78, 5) is 35.4. The summed E-state index contributed by atoms with van der Waals surface area (Å²) in [5, 5.41) is 5.29. The molecule has 148 valence electrons. The monoisotopic (exact) mass is 383 g/mol. The maximum Gasteiger partial charge on any atom is 0.338 e. The van der Waals surface area contributed by atoms with E-state index in [0.717, 1.165) is 27.9 Å². The van der Waals surface area contributed by atoms with Crippen LogP contribution in [0.25, 0.3) is 0 Å². The van der Waals surface area contributed by atoms with E-state index in [0.29, 0.717) is 5.56 Å². The number of benzene rings is 2. The number of primary amides is 1. The van der Waals surface area contributed by atoms with Crippen LogP contribution in [0.15, 0.2) is 36.4 Å². The number of rotatable bonds is 6. The van der Waals surface area contributed by atoms with Crippen LogP contribution in [-0.4, -0.2) is 24.0 Å². The summed E-state index contributed by atoms with van der Waals surface area (Å²) < 4.78 is 5.27. The Morgan fingerprint density at radius 3 is 2.14 bits per heavy atom. The van der Waals surface area contributed by atoms with E-state index in [-0.39, 0.29) is 6.54 Å². The van der Waals surface area contributed by atoms with E-state index in [1.807, 2.05) is 32.9 Å². The number of nitrogens with two attached hydrogens (primary N) is 1. The molecule has 0 saturated heterocycles. The third-order valence-corrected chi connectivity index (χ3v) is 4.23. The van der Waals surface area contributed by atoms with E-state index in [1.54, 1.807) is 24.3 Å². The number of hydrogen-bond acceptors (Lipinski definition) is 4. The second-order valence-electron chi connectivity index (χ2n) is 6.73. The molecular weight excluding hydrogens is 358 g/mol. The molecule has 0 aliphatic carbocycles. The molecule has 0 bridgehead atoms. The zero-order valence-electron chi connectivity index (χ0n) is 16.5. The number of anilines is 1. The van der Waals surface area contributed by atoms with Crippen molar-refractivity contribution in [2.24, 2.45) is 5.73 Å². The van der Waals surface area contributed by atoms with Crippen molar-refractivity contribution in [2.45, 2.75) is 40.3 Å². The molecule has 0 aliphatic rings. The number of nitrogens with one attached hydrogen (secondary N) is 2. The number of urea groups is 1. The van der Waals surface area contributed by atoms with Crippen molar-refractivity contribution in [2.75, 3.05) is 5.32 Å². The molecular formula is C21H25N3O4. The lowest BCUT2D eigenvalue weighted by molar-refractivity contribution is -0.123. The van der Waals surface area contributed by atoms with Gasteiger partial charge in [-0.2, -0.15) is 0 Å². The average Bonchev–Trinajstić information content (AvgIpc) is 2.63. The zero-order valence-corrected chi connectivity index (χ0v) is 16.5. The van der Waals surface area contributed by atoms with Gasteiger partial charge in [0.2, 0.25) is 0 Å². The lowest BCUT2D eigenvalue weighted by Gasteiger charge is -2.17. The van der Waals surface area contributed by atoms with Crippen LogP contribution >= 0.6 is 0 Å². The maximum absolute atomic E-state index is 12.4. The quantitative estimate of drug-likeness (QED) is 0.666. The van der Waals surface area contributed by atoms with Gasteiger partial charge in [0, 0.05) is 12.2 Å². The van der Waals surface area contributed by atoms with Gasteiger partial charge >= 0.3 is 12.0 Å². The predicted octanol–water partition coefficient (Wildman–Crippen LogP) is 2.96. The molecule has 0 aromatic heterocycles. The first-order valence-electron chi connectivity index (χ1n) is 8.89. The smallest absolute Gasteiger partial charge is 0.338 e. The molecule has 4 N–H and O–H groups in total. The van der Waals surface area contributed by atoms with E-state index < -0.39 is 24.0 Å². The highest BCUT2D eigenvalue weighted by molar-refractivity contribution is 5.98. The minimum atomic E-state index is -0.955. The Morgan fingerprint density at radius 2 is 1.61 bits per heavy atom. The molecule has 0 saturated carbocycles. The van der Waals surface area contributed by atoms with E-state index in [4.69, 9.17) is 10.5 Å². The van der Waals surface area contributed by atoms with Gasteiger partial charge in [-0.05, 0) is 56.5 Å². The standard InChI is InChI=1S/C21H25N3O4/c1-12-9-13(2)18(14(3)10-12)24-19(25)15(4)28-20(26)17-7-5-16(6-8-17)11-23-21(22)27/h5-10,15H,11H2,1-4H3,(H,24,25)(H3,22,23,27). The zero-order chi connectivity index (χ0) is 20.8. The molecule has 0 radical (unpaired) electrons. The average molecular weight is 383 g/mol. The highest BCUT2D eigenvalue weighted by Crippen LogP contribution is 2.22. The Labute approximate surface area is 164 Å². The largest absolute Gasteiger partial charge is 0.449 e. The fourth-order valence-corrected chi connectivity index (χ4v) is 2.83. The lowest BCUT2D eigenvalue weighted by Crippen LogP contribution is -2.30. The van der Waals surface area contributed by atoms with E-state index in [9.17, 15) is 14.4 Å². The topological polar surface area (TPSA) is 111 Å². The third kappa shape index (κ3) is 5.57. The highest BCUT2D eigenvalue weighted by Gasteiger charge is 2.20. The minimum absolute atomic E-state index is 0.263. The Morgan fingerprint density at radius 1 is 1.04 bits per heavy atom. The summed E-state index contributed by atoms with van der Waals surface area (Å²) in [7, 11) is 0. The Hall–Kier alpha value is -3.35. The van der Waals surface area contributed by atoms with Gasteiger partial charge in [0.05, 0.1) is 5.56 Å². The lowest BCUT2D eigenvalue weighted by atomic mass is 10.0. The van der Waals surface area contributed by atoms with Crippen molar-refractivity contribution >= 4 is 23.6 Å². The molecule has 0 spiro atoms. The van der Waals surface area contributed by atoms with Gasteiger partial charge in [0.25, 0.3) is 5.91 Å². The second-order valence-corrected chi connectivity index (χ2v) is 6.73. The molecule has 7 nitrogen and oxygen atoms in total. The predicted molar refractivity (Wildman–Crippen MR) is 107 cm³/mol. The van der Waals surface area contributed by atoms with Gasteiger partial charge in [-0.25, -0.2) is 9.59 Å². The summed E-state index contributed by atoms with van der Waals surface area (Å²) in [6.45, 7) is 7.61. The molecule has 7 heteroatoms. The van der Waals surface area contributed by atoms with Crippen molar-refractivity contribution in [1.82, 2.24) is 5.32 Å². The number of aryl methyl sites for hydroxylation is 3. The van der Waals surface area contributed by atoms with Gasteiger partial charge < -0.3 is 21.1 Å². The number of ether oxygens (including phenoxy) is 1. The van der Waals surface area contributed by atoms with Crippen LogP contribution in [0.3, 0.4) is 0 Å². The minimum Gasteiger partial charge on any atom is -0.449 e. The van der Waals surface area contributed by atoms with Gasteiger partial charge in [-0.3, -0.25) is 4.79 Å². The Balaban J connectivity index is 1.98. The van der Waals surface area contributed by atoms with Crippen molar-refractivity contribution in [3.05, 3.63) is 64.2 Å². The fraction of sp³-hybridized carbons (Fsp3) is 0.286. The van der Waals surface area contributed by atoms with E-state index in [2.05, 4.69) is 10.6 Å². The van der Waals surface area contributed by atoms with Gasteiger partial charge in [0.1, 0.15) is 0 Å².